The molecule has 2 aromatic rings. The van der Waals surface area contributed by atoms with E-state index >= 15 is 0 Å². The van der Waals surface area contributed by atoms with Crippen LogP contribution in [-0.2, 0) is 0 Å². The number of thiazole rings is 1. The molecule has 21 heavy (non-hydrogen) atoms. The number of benzene rings is 1. The Balaban J connectivity index is 1.63. The van der Waals surface area contributed by atoms with Crippen molar-refractivity contribution in [3.63, 3.8) is 0 Å². The van der Waals surface area contributed by atoms with E-state index in [-0.39, 0.29) is 0 Å². The van der Waals surface area contributed by atoms with Gasteiger partial charge >= 0.3 is 0 Å². The molecule has 2 aliphatic rings. The summed E-state index contributed by atoms with van der Waals surface area (Å²) in [4.78, 5) is 7.59. The molecule has 0 amide bonds. The maximum absolute atomic E-state index is 6.10. The zero-order valence-corrected chi connectivity index (χ0v) is 13.6. The molecule has 0 spiro atoms. The van der Waals surface area contributed by atoms with Gasteiger partial charge in [0.15, 0.2) is 0 Å². The van der Waals surface area contributed by atoms with E-state index in [9.17, 15) is 0 Å². The lowest BCUT2D eigenvalue weighted by Gasteiger charge is -2.35. The van der Waals surface area contributed by atoms with Gasteiger partial charge in [-0.2, -0.15) is 0 Å². The van der Waals surface area contributed by atoms with Crippen molar-refractivity contribution >= 4 is 33.2 Å². The van der Waals surface area contributed by atoms with Crippen LogP contribution in [-0.4, -0.2) is 35.6 Å². The van der Waals surface area contributed by atoms with Gasteiger partial charge in [0, 0.05) is 11.1 Å². The third kappa shape index (κ3) is 2.70. The highest BCUT2D eigenvalue weighted by Crippen LogP contribution is 2.39. The maximum Gasteiger partial charge on any atom is 0.111 e. The summed E-state index contributed by atoms with van der Waals surface area (Å²) in [6, 6.07) is 7.27. The molecule has 1 aromatic carbocycles. The first-order chi connectivity index (χ1) is 10.3. The number of piperidine rings is 1. The number of aromatic nitrogens is 1. The average Bonchev–Trinajstić information content (AvgIpc) is 3.13. The first-order valence-corrected chi connectivity index (χ1v) is 9.03. The van der Waals surface area contributed by atoms with Crippen LogP contribution in [0.15, 0.2) is 18.2 Å². The molecule has 1 unspecified atom stereocenters. The molecule has 3 nitrogen and oxygen atoms in total. The maximum atomic E-state index is 6.10. The van der Waals surface area contributed by atoms with E-state index in [4.69, 9.17) is 16.6 Å². The minimum absolute atomic E-state index is 0.518. The Labute approximate surface area is 134 Å². The molecule has 112 valence electrons. The molecular weight excluding hydrogens is 302 g/mol. The number of fused-ring (bicyclic) bond motifs is 1. The van der Waals surface area contributed by atoms with Crippen molar-refractivity contribution < 1.29 is 0 Å². The van der Waals surface area contributed by atoms with E-state index < -0.39 is 0 Å². The Bertz CT molecular complexity index is 635. The Morgan fingerprint density at radius 2 is 2.10 bits per heavy atom. The van der Waals surface area contributed by atoms with Gasteiger partial charge in [0.1, 0.15) is 5.01 Å². The van der Waals surface area contributed by atoms with Gasteiger partial charge < -0.3 is 5.32 Å². The summed E-state index contributed by atoms with van der Waals surface area (Å²) in [5.41, 5.74) is 1.09. The second-order valence-electron chi connectivity index (χ2n) is 6.04. The number of nitrogens with one attached hydrogen (secondary N) is 1. The van der Waals surface area contributed by atoms with Crippen LogP contribution in [0.4, 0.5) is 0 Å². The Morgan fingerprint density at radius 1 is 1.24 bits per heavy atom. The van der Waals surface area contributed by atoms with E-state index in [2.05, 4.69) is 10.2 Å². The summed E-state index contributed by atoms with van der Waals surface area (Å²) >= 11 is 7.92. The van der Waals surface area contributed by atoms with Crippen LogP contribution in [0.3, 0.4) is 0 Å². The molecule has 1 atom stereocenters. The van der Waals surface area contributed by atoms with Gasteiger partial charge in [0.25, 0.3) is 0 Å². The summed E-state index contributed by atoms with van der Waals surface area (Å²) in [5, 5.41) is 5.55. The highest BCUT2D eigenvalue weighted by Gasteiger charge is 2.34. The first kappa shape index (κ1) is 13.9. The summed E-state index contributed by atoms with van der Waals surface area (Å²) in [7, 11) is 0. The molecule has 0 radical (unpaired) electrons. The van der Waals surface area contributed by atoms with Gasteiger partial charge in [-0.1, -0.05) is 11.6 Å². The Hall–Kier alpha value is -0.680. The van der Waals surface area contributed by atoms with Gasteiger partial charge in [-0.25, -0.2) is 4.98 Å². The van der Waals surface area contributed by atoms with Crippen molar-refractivity contribution in [1.29, 1.82) is 0 Å². The fourth-order valence-electron chi connectivity index (χ4n) is 3.69. The molecule has 2 aliphatic heterocycles. The zero-order chi connectivity index (χ0) is 14.2. The topological polar surface area (TPSA) is 28.2 Å². The van der Waals surface area contributed by atoms with Crippen LogP contribution < -0.4 is 5.32 Å². The van der Waals surface area contributed by atoms with Gasteiger partial charge in [-0.05, 0) is 63.5 Å². The Morgan fingerprint density at radius 3 is 2.95 bits per heavy atom. The first-order valence-electron chi connectivity index (χ1n) is 7.84. The van der Waals surface area contributed by atoms with Crippen molar-refractivity contribution in [2.24, 2.45) is 0 Å². The number of hydrogen-bond acceptors (Lipinski definition) is 4. The minimum Gasteiger partial charge on any atom is -0.317 e. The van der Waals surface area contributed by atoms with Crippen molar-refractivity contribution in [2.45, 2.75) is 37.8 Å². The van der Waals surface area contributed by atoms with Gasteiger partial charge in [-0.15, -0.1) is 11.3 Å². The standard InChI is InChI=1S/C16H20ClN3S/c17-11-3-4-13-15(10-11)21-16(19-13)14-2-1-9-20(14)12-5-7-18-8-6-12/h3-4,10,12,14,18H,1-2,5-9H2. The highest BCUT2D eigenvalue weighted by molar-refractivity contribution is 7.18. The molecule has 1 aromatic heterocycles. The lowest BCUT2D eigenvalue weighted by molar-refractivity contribution is 0.148. The molecule has 2 fully saturated rings. The zero-order valence-electron chi connectivity index (χ0n) is 12.0. The van der Waals surface area contributed by atoms with Crippen LogP contribution in [0.5, 0.6) is 0 Å². The third-order valence-corrected chi connectivity index (χ3v) is 6.08. The number of halogens is 1. The smallest absolute Gasteiger partial charge is 0.111 e. The van der Waals surface area contributed by atoms with E-state index in [0.717, 1.165) is 29.7 Å². The van der Waals surface area contributed by atoms with Crippen molar-refractivity contribution in [3.05, 3.63) is 28.2 Å². The monoisotopic (exact) mass is 321 g/mol. The van der Waals surface area contributed by atoms with Crippen molar-refractivity contribution in [3.8, 4) is 0 Å². The Kier molecular flexibility index (Phi) is 3.88. The quantitative estimate of drug-likeness (QED) is 0.911. The van der Waals surface area contributed by atoms with Crippen molar-refractivity contribution in [1.82, 2.24) is 15.2 Å². The van der Waals surface area contributed by atoms with E-state index in [1.54, 1.807) is 0 Å². The van der Waals surface area contributed by atoms with E-state index in [1.807, 2.05) is 29.5 Å². The molecule has 1 N–H and O–H groups in total. The molecule has 0 bridgehead atoms. The molecule has 0 saturated carbocycles. The molecular formula is C16H20ClN3S. The van der Waals surface area contributed by atoms with Crippen LogP contribution >= 0.6 is 22.9 Å². The normalized spacial score (nSPS) is 24.9. The van der Waals surface area contributed by atoms with Crippen LogP contribution in [0.25, 0.3) is 10.2 Å². The largest absolute Gasteiger partial charge is 0.317 e. The SMILES string of the molecule is Clc1ccc2nc(C3CCCN3C3CCNCC3)sc2c1. The summed E-state index contributed by atoms with van der Waals surface area (Å²) in [6.07, 6.45) is 5.09. The molecule has 5 heteroatoms. The summed E-state index contributed by atoms with van der Waals surface area (Å²) in [6.45, 7) is 3.54. The van der Waals surface area contributed by atoms with Crippen LogP contribution in [0.1, 0.15) is 36.7 Å². The van der Waals surface area contributed by atoms with Crippen molar-refractivity contribution in [2.75, 3.05) is 19.6 Å². The fraction of sp³-hybridized carbons (Fsp3) is 0.562. The summed E-state index contributed by atoms with van der Waals surface area (Å²) < 4.78 is 1.22. The molecule has 0 aliphatic carbocycles. The number of hydrogen-bond donors (Lipinski definition) is 1. The van der Waals surface area contributed by atoms with Gasteiger partial charge in [-0.3, -0.25) is 4.90 Å². The number of nitrogens with zero attached hydrogens (tertiary/aromatic N) is 2. The molecule has 2 saturated heterocycles. The minimum atomic E-state index is 0.518. The van der Waals surface area contributed by atoms with Gasteiger partial charge in [0.2, 0.25) is 0 Å². The lowest BCUT2D eigenvalue weighted by Crippen LogP contribution is -2.42. The predicted molar refractivity (Wildman–Crippen MR) is 89.2 cm³/mol. The third-order valence-electron chi connectivity index (χ3n) is 4.72. The van der Waals surface area contributed by atoms with Gasteiger partial charge in [0.05, 0.1) is 16.3 Å². The predicted octanol–water partition coefficient (Wildman–Crippen LogP) is 3.84. The van der Waals surface area contributed by atoms with Crippen LogP contribution in [0.2, 0.25) is 5.02 Å². The number of rotatable bonds is 2. The van der Waals surface area contributed by atoms with E-state index in [1.165, 1.54) is 41.9 Å². The van der Waals surface area contributed by atoms with E-state index in [0.29, 0.717) is 6.04 Å². The fourth-order valence-corrected chi connectivity index (χ4v) is 5.09. The lowest BCUT2D eigenvalue weighted by atomic mass is 10.0. The molecule has 3 heterocycles. The summed E-state index contributed by atoms with van der Waals surface area (Å²) in [5.74, 6) is 0. The molecule has 4 rings (SSSR count). The highest BCUT2D eigenvalue weighted by atomic mass is 35.5. The average molecular weight is 322 g/mol. The van der Waals surface area contributed by atoms with Crippen LogP contribution in [0, 0.1) is 0 Å². The number of likely N-dealkylation sites (tertiary alicyclic amines) is 1. The second kappa shape index (κ2) is 5.84. The second-order valence-corrected chi connectivity index (χ2v) is 7.54.